The van der Waals surface area contributed by atoms with E-state index in [2.05, 4.69) is 10.5 Å². The topological polar surface area (TPSA) is 62.8 Å². The number of methoxy groups -OCH3 is 1. The molecule has 0 amide bonds. The predicted octanol–water partition coefficient (Wildman–Crippen LogP) is 5.09. The molecule has 1 fully saturated rings. The Balaban J connectivity index is 1.61. The van der Waals surface area contributed by atoms with Crippen molar-refractivity contribution >= 4 is 62.3 Å². The number of hydrogen-bond donors (Lipinski definition) is 0. The molecular weight excluding hydrogens is 464 g/mol. The number of rotatable bonds is 5. The van der Waals surface area contributed by atoms with Gasteiger partial charge in [-0.3, -0.25) is 8.97 Å². The molecule has 0 bridgehead atoms. The third-order valence-electron chi connectivity index (χ3n) is 5.29. The maximum Gasteiger partial charge on any atom is 0.176 e. The summed E-state index contributed by atoms with van der Waals surface area (Å²) >= 11 is 8.88. The van der Waals surface area contributed by atoms with Gasteiger partial charge in [0.2, 0.25) is 0 Å². The monoisotopic (exact) mass is 482 g/mol. The number of nitrogens with zero attached hydrogens (tertiary/aromatic N) is 4. The average Bonchev–Trinajstić information content (AvgIpc) is 3.54. The molecular formula is C22H18N4O3S3. The minimum Gasteiger partial charge on any atom is -0.497 e. The first-order valence-corrected chi connectivity index (χ1v) is 12.3. The Morgan fingerprint density at radius 3 is 2.81 bits per heavy atom. The Morgan fingerprint density at radius 2 is 1.97 bits per heavy atom. The van der Waals surface area contributed by atoms with Crippen LogP contribution in [0.15, 0.2) is 53.7 Å². The van der Waals surface area contributed by atoms with E-state index in [-0.39, 0.29) is 6.29 Å². The number of ether oxygens (including phenoxy) is 3. The van der Waals surface area contributed by atoms with Crippen molar-refractivity contribution in [2.75, 3.05) is 26.1 Å². The van der Waals surface area contributed by atoms with Crippen molar-refractivity contribution < 1.29 is 14.2 Å². The first-order chi connectivity index (χ1) is 15.7. The summed E-state index contributed by atoms with van der Waals surface area (Å²) in [5, 5.41) is 0.824. The maximum absolute atomic E-state index is 5.77. The summed E-state index contributed by atoms with van der Waals surface area (Å²) in [5.41, 5.74) is 4.48. The molecule has 3 aromatic heterocycles. The first kappa shape index (κ1) is 20.1. The lowest BCUT2D eigenvalue weighted by Gasteiger charge is -2.11. The number of para-hydroxylation sites is 2. The Morgan fingerprint density at radius 1 is 1.12 bits per heavy atom. The van der Waals surface area contributed by atoms with Gasteiger partial charge in [0.05, 0.1) is 42.8 Å². The normalized spacial score (nSPS) is 14.8. The molecule has 1 aliphatic heterocycles. The second kappa shape index (κ2) is 8.13. The highest BCUT2D eigenvalue weighted by Crippen LogP contribution is 2.35. The Kier molecular flexibility index (Phi) is 5.11. The van der Waals surface area contributed by atoms with Crippen molar-refractivity contribution in [2.45, 2.75) is 11.4 Å². The molecule has 6 rings (SSSR count). The van der Waals surface area contributed by atoms with Gasteiger partial charge in [0, 0.05) is 6.07 Å². The van der Waals surface area contributed by atoms with Crippen molar-refractivity contribution in [1.29, 1.82) is 0 Å². The summed E-state index contributed by atoms with van der Waals surface area (Å²) in [4.78, 5) is 10.0. The lowest BCUT2D eigenvalue weighted by atomic mass is 10.3. The van der Waals surface area contributed by atoms with E-state index in [1.807, 2.05) is 47.0 Å². The van der Waals surface area contributed by atoms with Gasteiger partial charge in [-0.1, -0.05) is 41.3 Å². The molecule has 5 aromatic rings. The van der Waals surface area contributed by atoms with Crippen LogP contribution in [0.4, 0.5) is 0 Å². The molecule has 0 radical (unpaired) electrons. The zero-order valence-corrected chi connectivity index (χ0v) is 19.5. The fourth-order valence-electron chi connectivity index (χ4n) is 3.85. The SMILES string of the molecule is COc1cccc(-n2c(=S)sc3c2nc(SCC2OCCO2)n2c4ccccc4nc32)c1. The number of benzene rings is 2. The molecule has 162 valence electrons. The van der Waals surface area contributed by atoms with Crippen LogP contribution in [-0.4, -0.2) is 51.3 Å². The lowest BCUT2D eigenvalue weighted by Crippen LogP contribution is -2.11. The molecule has 0 aliphatic carbocycles. The van der Waals surface area contributed by atoms with E-state index in [1.54, 1.807) is 18.9 Å². The molecule has 1 aliphatic rings. The molecule has 0 N–H and O–H groups in total. The molecule has 4 heterocycles. The van der Waals surface area contributed by atoms with Gasteiger partial charge < -0.3 is 14.2 Å². The fourth-order valence-corrected chi connectivity index (χ4v) is 6.14. The van der Waals surface area contributed by atoms with E-state index in [4.69, 9.17) is 36.4 Å². The number of thiazole rings is 1. The highest BCUT2D eigenvalue weighted by atomic mass is 32.2. The Bertz CT molecular complexity index is 1520. The summed E-state index contributed by atoms with van der Waals surface area (Å²) in [5.74, 6) is 1.41. The van der Waals surface area contributed by atoms with Gasteiger partial charge in [-0.05, 0) is 36.5 Å². The van der Waals surface area contributed by atoms with Gasteiger partial charge in [-0.2, -0.15) is 0 Å². The van der Waals surface area contributed by atoms with Gasteiger partial charge in [0.15, 0.2) is 26.7 Å². The number of imidazole rings is 1. The molecule has 0 spiro atoms. The third kappa shape index (κ3) is 3.30. The molecule has 32 heavy (non-hydrogen) atoms. The van der Waals surface area contributed by atoms with Crippen LogP contribution in [0.2, 0.25) is 0 Å². The average molecular weight is 483 g/mol. The quantitative estimate of drug-likeness (QED) is 0.196. The van der Waals surface area contributed by atoms with Crippen molar-refractivity contribution in [2.24, 2.45) is 0 Å². The Hall–Kier alpha value is -2.50. The van der Waals surface area contributed by atoms with Crippen LogP contribution in [0.3, 0.4) is 0 Å². The van der Waals surface area contributed by atoms with Crippen molar-refractivity contribution in [3.8, 4) is 11.4 Å². The molecule has 7 nitrogen and oxygen atoms in total. The van der Waals surface area contributed by atoms with Crippen molar-refractivity contribution in [3.63, 3.8) is 0 Å². The van der Waals surface area contributed by atoms with E-state index >= 15 is 0 Å². The van der Waals surface area contributed by atoms with Crippen LogP contribution in [0.5, 0.6) is 5.75 Å². The predicted molar refractivity (Wildman–Crippen MR) is 129 cm³/mol. The summed E-state index contributed by atoms with van der Waals surface area (Å²) < 4.78 is 22.5. The summed E-state index contributed by atoms with van der Waals surface area (Å²) in [6.07, 6.45) is -0.232. The standard InChI is InChI=1S/C22H18N4O3S3/c1-27-14-6-4-5-13(11-14)25-20-18(32-22(25)30)19-23-15-7-2-3-8-16(15)26(19)21(24-20)31-12-17-28-9-10-29-17/h2-8,11,17H,9-10,12H2,1H3. The zero-order valence-electron chi connectivity index (χ0n) is 17.1. The number of fused-ring (bicyclic) bond motifs is 5. The Labute approximate surface area is 196 Å². The van der Waals surface area contributed by atoms with Crippen LogP contribution < -0.4 is 4.74 Å². The smallest absolute Gasteiger partial charge is 0.176 e. The molecule has 0 unspecified atom stereocenters. The van der Waals surface area contributed by atoms with Gasteiger partial charge in [0.1, 0.15) is 10.4 Å². The fraction of sp³-hybridized carbons (Fsp3) is 0.227. The molecule has 2 aromatic carbocycles. The van der Waals surface area contributed by atoms with E-state index < -0.39 is 0 Å². The second-order valence-corrected chi connectivity index (χ2v) is 9.82. The number of aromatic nitrogens is 4. The minimum absolute atomic E-state index is 0.232. The van der Waals surface area contributed by atoms with Crippen molar-refractivity contribution in [1.82, 2.24) is 18.9 Å². The highest BCUT2D eigenvalue weighted by molar-refractivity contribution is 7.99. The van der Waals surface area contributed by atoms with Crippen LogP contribution >= 0.6 is 35.3 Å². The number of hydrogen-bond acceptors (Lipinski definition) is 8. The molecule has 0 atom stereocenters. The maximum atomic E-state index is 5.77. The summed E-state index contributed by atoms with van der Waals surface area (Å²) in [7, 11) is 1.66. The van der Waals surface area contributed by atoms with Crippen LogP contribution in [0, 0.1) is 3.95 Å². The second-order valence-electron chi connectivity index (χ2n) is 7.19. The highest BCUT2D eigenvalue weighted by Gasteiger charge is 2.22. The van der Waals surface area contributed by atoms with E-state index in [1.165, 1.54) is 11.3 Å². The van der Waals surface area contributed by atoms with Gasteiger partial charge in [-0.25, -0.2) is 9.97 Å². The van der Waals surface area contributed by atoms with Gasteiger partial charge in [0.25, 0.3) is 0 Å². The summed E-state index contributed by atoms with van der Waals surface area (Å²) in [6, 6.07) is 15.9. The van der Waals surface area contributed by atoms with E-state index in [9.17, 15) is 0 Å². The molecule has 10 heteroatoms. The van der Waals surface area contributed by atoms with Gasteiger partial charge >= 0.3 is 0 Å². The minimum atomic E-state index is -0.232. The molecule has 1 saturated heterocycles. The largest absolute Gasteiger partial charge is 0.497 e. The van der Waals surface area contributed by atoms with Crippen LogP contribution in [-0.2, 0) is 9.47 Å². The number of thioether (sulfide) groups is 1. The summed E-state index contributed by atoms with van der Waals surface area (Å²) in [6.45, 7) is 1.25. The van der Waals surface area contributed by atoms with E-state index in [0.29, 0.717) is 22.9 Å². The van der Waals surface area contributed by atoms with Crippen LogP contribution in [0.1, 0.15) is 0 Å². The zero-order chi connectivity index (χ0) is 21.7. The van der Waals surface area contributed by atoms with Crippen LogP contribution in [0.25, 0.3) is 32.7 Å². The van der Waals surface area contributed by atoms with Gasteiger partial charge in [-0.15, -0.1) is 0 Å². The lowest BCUT2D eigenvalue weighted by molar-refractivity contribution is -0.0215. The van der Waals surface area contributed by atoms with Crippen molar-refractivity contribution in [3.05, 3.63) is 52.5 Å². The van der Waals surface area contributed by atoms with E-state index in [0.717, 1.165) is 43.6 Å². The third-order valence-corrected chi connectivity index (χ3v) is 7.62. The molecule has 0 saturated carbocycles. The first-order valence-electron chi connectivity index (χ1n) is 10.1.